The highest BCUT2D eigenvalue weighted by molar-refractivity contribution is 7.19. The molecule has 0 aliphatic rings. The van der Waals surface area contributed by atoms with Crippen LogP contribution in [0.4, 0.5) is 0 Å². The van der Waals surface area contributed by atoms with E-state index in [0.29, 0.717) is 34.0 Å². The first-order valence-corrected chi connectivity index (χ1v) is 9.60. The topological polar surface area (TPSA) is 65.2 Å². The fraction of sp³-hybridized carbons (Fsp3) is 0.150. The number of carbonyl (C=O) groups excluding carboxylic acids is 1. The summed E-state index contributed by atoms with van der Waals surface area (Å²) in [5.41, 5.74) is 1.96. The molecule has 7 heteroatoms. The first-order valence-electron chi connectivity index (χ1n) is 8.41. The van der Waals surface area contributed by atoms with Gasteiger partial charge < -0.3 is 9.15 Å². The Hall–Kier alpha value is -2.70. The molecule has 0 saturated heterocycles. The van der Waals surface area contributed by atoms with Crippen LogP contribution in [0.25, 0.3) is 33.1 Å². The second-order valence-electron chi connectivity index (χ2n) is 5.77. The van der Waals surface area contributed by atoms with Gasteiger partial charge in [-0.25, -0.2) is 9.97 Å². The van der Waals surface area contributed by atoms with Crippen molar-refractivity contribution in [2.45, 2.75) is 13.3 Å². The fourth-order valence-corrected chi connectivity index (χ4v) is 3.79. The summed E-state index contributed by atoms with van der Waals surface area (Å²) >= 11 is 7.43. The molecule has 0 aliphatic carbocycles. The molecule has 0 saturated carbocycles. The maximum Gasteiger partial charge on any atom is 0.312 e. The Morgan fingerprint density at radius 2 is 2.00 bits per heavy atom. The Morgan fingerprint density at radius 3 is 2.78 bits per heavy atom. The number of nitrogens with zero attached hydrogens (tertiary/aromatic N) is 2. The predicted octanol–water partition coefficient (Wildman–Crippen LogP) is 5.38. The maximum absolute atomic E-state index is 12.0. The molecule has 1 aromatic carbocycles. The Bertz CT molecular complexity index is 1120. The van der Waals surface area contributed by atoms with Gasteiger partial charge in [0.25, 0.3) is 0 Å². The fourth-order valence-electron chi connectivity index (χ4n) is 2.74. The van der Waals surface area contributed by atoms with Crippen molar-refractivity contribution >= 4 is 39.8 Å². The highest BCUT2D eigenvalue weighted by Gasteiger charge is 2.21. The normalized spacial score (nSPS) is 11.0. The van der Waals surface area contributed by atoms with Gasteiger partial charge in [-0.2, -0.15) is 0 Å². The second kappa shape index (κ2) is 7.50. The average molecular weight is 399 g/mol. The molecule has 0 unspecified atom stereocenters. The van der Waals surface area contributed by atoms with Gasteiger partial charge in [0.1, 0.15) is 5.69 Å². The molecule has 0 bridgehead atoms. The van der Waals surface area contributed by atoms with Gasteiger partial charge in [-0.05, 0) is 31.2 Å². The molecule has 0 amide bonds. The van der Waals surface area contributed by atoms with Crippen LogP contribution in [0, 0.1) is 0 Å². The molecular formula is C20H15ClN2O3S. The van der Waals surface area contributed by atoms with Crippen LogP contribution in [-0.2, 0) is 16.0 Å². The smallest absolute Gasteiger partial charge is 0.312 e. The van der Waals surface area contributed by atoms with Gasteiger partial charge in [0, 0.05) is 5.39 Å². The second-order valence-corrected chi connectivity index (χ2v) is 7.48. The van der Waals surface area contributed by atoms with Crippen molar-refractivity contribution in [2.75, 3.05) is 6.61 Å². The zero-order chi connectivity index (χ0) is 18.8. The lowest BCUT2D eigenvalue weighted by Crippen LogP contribution is -2.08. The summed E-state index contributed by atoms with van der Waals surface area (Å²) in [5.74, 6) is 0.525. The van der Waals surface area contributed by atoms with Gasteiger partial charge in [-0.15, -0.1) is 11.3 Å². The number of rotatable bonds is 5. The molecule has 0 N–H and O–H groups in total. The summed E-state index contributed by atoms with van der Waals surface area (Å²) in [6.07, 6.45) is 0.0236. The third-order valence-electron chi connectivity index (χ3n) is 3.93. The lowest BCUT2D eigenvalue weighted by Gasteiger charge is -2.00. The van der Waals surface area contributed by atoms with Gasteiger partial charge in [-0.3, -0.25) is 4.79 Å². The van der Waals surface area contributed by atoms with E-state index in [-0.39, 0.29) is 12.4 Å². The molecule has 0 aliphatic heterocycles. The number of esters is 1. The number of para-hydroxylation sites is 1. The SMILES string of the molecule is CCOC(=O)Cc1nc(-c2ccc3ccccc3n2)oc1-c1ccc(Cl)s1. The van der Waals surface area contributed by atoms with E-state index in [1.165, 1.54) is 11.3 Å². The van der Waals surface area contributed by atoms with Gasteiger partial charge in [0.05, 0.1) is 33.5 Å². The van der Waals surface area contributed by atoms with Gasteiger partial charge in [-0.1, -0.05) is 35.9 Å². The van der Waals surface area contributed by atoms with Crippen LogP contribution in [0.15, 0.2) is 52.9 Å². The van der Waals surface area contributed by atoms with E-state index in [4.69, 9.17) is 20.8 Å². The first-order chi connectivity index (χ1) is 13.1. The number of pyridine rings is 1. The summed E-state index contributed by atoms with van der Waals surface area (Å²) in [7, 11) is 0. The van der Waals surface area contributed by atoms with E-state index in [0.717, 1.165) is 15.8 Å². The minimum Gasteiger partial charge on any atom is -0.466 e. The van der Waals surface area contributed by atoms with Crippen LogP contribution in [0.1, 0.15) is 12.6 Å². The van der Waals surface area contributed by atoms with Gasteiger partial charge >= 0.3 is 5.97 Å². The Labute approximate surface area is 164 Å². The standard InChI is InChI=1S/C20H15ClN2O3S/c1-2-25-18(24)11-15-19(16-9-10-17(21)27-16)26-20(23-15)14-8-7-12-5-3-4-6-13(12)22-14/h3-10H,2,11H2,1H3. The number of hydrogen-bond donors (Lipinski definition) is 0. The summed E-state index contributed by atoms with van der Waals surface area (Å²) in [6, 6.07) is 15.3. The number of ether oxygens (including phenoxy) is 1. The van der Waals surface area contributed by atoms with Crippen molar-refractivity contribution in [3.05, 3.63) is 58.6 Å². The highest BCUT2D eigenvalue weighted by Crippen LogP contribution is 2.36. The minimum absolute atomic E-state index is 0.0236. The lowest BCUT2D eigenvalue weighted by molar-refractivity contribution is -0.142. The molecule has 0 atom stereocenters. The zero-order valence-electron chi connectivity index (χ0n) is 14.4. The van der Waals surface area contributed by atoms with E-state index in [1.807, 2.05) is 42.5 Å². The van der Waals surface area contributed by atoms with Crippen molar-refractivity contribution in [1.29, 1.82) is 0 Å². The lowest BCUT2D eigenvalue weighted by atomic mass is 10.2. The number of carbonyl (C=O) groups is 1. The summed E-state index contributed by atoms with van der Waals surface area (Å²) in [4.78, 5) is 21.9. The van der Waals surface area contributed by atoms with E-state index in [9.17, 15) is 4.79 Å². The number of oxazole rings is 1. The van der Waals surface area contributed by atoms with Crippen LogP contribution in [0.5, 0.6) is 0 Å². The summed E-state index contributed by atoms with van der Waals surface area (Å²) in [5, 5.41) is 1.03. The molecule has 0 radical (unpaired) electrons. The largest absolute Gasteiger partial charge is 0.466 e. The van der Waals surface area contributed by atoms with E-state index >= 15 is 0 Å². The third kappa shape index (κ3) is 3.72. The zero-order valence-corrected chi connectivity index (χ0v) is 16.0. The molecular weight excluding hydrogens is 384 g/mol. The Morgan fingerprint density at radius 1 is 1.15 bits per heavy atom. The van der Waals surface area contributed by atoms with Crippen LogP contribution < -0.4 is 0 Å². The summed E-state index contributed by atoms with van der Waals surface area (Å²) in [6.45, 7) is 2.08. The monoisotopic (exact) mass is 398 g/mol. The highest BCUT2D eigenvalue weighted by atomic mass is 35.5. The van der Waals surface area contributed by atoms with E-state index in [1.54, 1.807) is 13.0 Å². The van der Waals surface area contributed by atoms with Crippen LogP contribution >= 0.6 is 22.9 Å². The number of thiophene rings is 1. The average Bonchev–Trinajstić information content (AvgIpc) is 3.27. The van der Waals surface area contributed by atoms with Crippen molar-refractivity contribution in [3.63, 3.8) is 0 Å². The van der Waals surface area contributed by atoms with Crippen molar-refractivity contribution < 1.29 is 13.9 Å². The quantitative estimate of drug-likeness (QED) is 0.422. The molecule has 3 aromatic heterocycles. The molecule has 5 nitrogen and oxygen atoms in total. The molecule has 3 heterocycles. The molecule has 0 spiro atoms. The number of fused-ring (bicyclic) bond motifs is 1. The third-order valence-corrected chi connectivity index (χ3v) is 5.16. The molecule has 0 fully saturated rings. The van der Waals surface area contributed by atoms with Crippen molar-refractivity contribution in [2.24, 2.45) is 0 Å². The summed E-state index contributed by atoms with van der Waals surface area (Å²) < 4.78 is 11.7. The first kappa shape index (κ1) is 17.7. The molecule has 4 rings (SSSR count). The number of benzene rings is 1. The van der Waals surface area contributed by atoms with Crippen LogP contribution in [0.2, 0.25) is 4.34 Å². The number of halogens is 1. The van der Waals surface area contributed by atoms with E-state index in [2.05, 4.69) is 9.97 Å². The van der Waals surface area contributed by atoms with Gasteiger partial charge in [0.15, 0.2) is 5.76 Å². The van der Waals surface area contributed by atoms with E-state index < -0.39 is 0 Å². The van der Waals surface area contributed by atoms with Crippen LogP contribution in [0.3, 0.4) is 0 Å². The number of aromatic nitrogens is 2. The predicted molar refractivity (Wildman–Crippen MR) is 106 cm³/mol. The Balaban J connectivity index is 1.78. The maximum atomic E-state index is 12.0. The van der Waals surface area contributed by atoms with Gasteiger partial charge in [0.2, 0.25) is 5.89 Å². The van der Waals surface area contributed by atoms with Crippen molar-refractivity contribution in [1.82, 2.24) is 9.97 Å². The minimum atomic E-state index is -0.354. The molecule has 27 heavy (non-hydrogen) atoms. The van der Waals surface area contributed by atoms with Crippen molar-refractivity contribution in [3.8, 4) is 22.2 Å². The molecule has 136 valence electrons. The Kier molecular flexibility index (Phi) is 4.92. The molecule has 4 aromatic rings. The van der Waals surface area contributed by atoms with Crippen LogP contribution in [-0.4, -0.2) is 22.5 Å². The number of hydrogen-bond acceptors (Lipinski definition) is 6.